The molecule has 1 aliphatic rings. The number of likely N-dealkylation sites (N-methyl/N-ethyl adjacent to an activating group) is 1. The Morgan fingerprint density at radius 2 is 1.82 bits per heavy atom. The Balaban J connectivity index is 1.56. The van der Waals surface area contributed by atoms with E-state index in [0.717, 1.165) is 51.1 Å². The van der Waals surface area contributed by atoms with Crippen molar-refractivity contribution in [2.45, 2.75) is 19.4 Å². The number of hydrogen-bond donors (Lipinski definition) is 0. The number of halogens is 2. The minimum Gasteiger partial charge on any atom is -0.493 e. The maximum Gasteiger partial charge on any atom is 0.161 e. The molecule has 1 fully saturated rings. The fraction of sp³-hybridized carbons (Fsp3) is 0.455. The number of aryl methyl sites for hydroxylation is 1. The largest absolute Gasteiger partial charge is 0.493 e. The first-order chi connectivity index (χ1) is 13.5. The highest BCUT2D eigenvalue weighted by molar-refractivity contribution is 6.31. The van der Waals surface area contributed by atoms with Crippen molar-refractivity contribution < 1.29 is 13.9 Å². The first-order valence-electron chi connectivity index (χ1n) is 9.69. The molecule has 1 heterocycles. The Morgan fingerprint density at radius 3 is 2.54 bits per heavy atom. The molecule has 0 aliphatic carbocycles. The summed E-state index contributed by atoms with van der Waals surface area (Å²) in [5, 5.41) is 0.363. The zero-order chi connectivity index (χ0) is 19.9. The summed E-state index contributed by atoms with van der Waals surface area (Å²) in [4.78, 5) is 4.90. The Hall–Kier alpha value is -1.82. The maximum atomic E-state index is 13.2. The molecule has 0 unspecified atom stereocenters. The summed E-state index contributed by atoms with van der Waals surface area (Å²) < 4.78 is 24.6. The van der Waals surface area contributed by atoms with E-state index in [4.69, 9.17) is 21.1 Å². The van der Waals surface area contributed by atoms with E-state index < -0.39 is 0 Å². The van der Waals surface area contributed by atoms with Crippen molar-refractivity contribution >= 4 is 11.6 Å². The number of rotatable bonds is 8. The number of ether oxygens (including phenoxy) is 2. The van der Waals surface area contributed by atoms with Crippen LogP contribution in [0.1, 0.15) is 17.5 Å². The van der Waals surface area contributed by atoms with Crippen LogP contribution in [0.5, 0.6) is 11.5 Å². The molecule has 0 spiro atoms. The number of benzene rings is 2. The topological polar surface area (TPSA) is 24.9 Å². The summed E-state index contributed by atoms with van der Waals surface area (Å²) in [6.07, 6.45) is 2.10. The van der Waals surface area contributed by atoms with Gasteiger partial charge in [-0.15, -0.1) is 0 Å². The van der Waals surface area contributed by atoms with E-state index in [1.165, 1.54) is 17.7 Å². The Morgan fingerprint density at radius 1 is 1.04 bits per heavy atom. The van der Waals surface area contributed by atoms with E-state index in [2.05, 4.69) is 22.9 Å². The van der Waals surface area contributed by atoms with Crippen molar-refractivity contribution in [1.29, 1.82) is 0 Å². The van der Waals surface area contributed by atoms with E-state index in [1.807, 2.05) is 12.1 Å². The molecule has 28 heavy (non-hydrogen) atoms. The standard InChI is InChI=1S/C22H28ClFN2O2/c1-25-10-12-26(13-11-25)9-3-4-17-5-8-21(27-2)22(14-17)28-16-18-6-7-19(24)15-20(18)23/h5-8,14-15H,3-4,9-13,16H2,1-2H3. The summed E-state index contributed by atoms with van der Waals surface area (Å²) >= 11 is 6.09. The number of nitrogens with zero attached hydrogens (tertiary/aromatic N) is 2. The molecule has 2 aromatic carbocycles. The first kappa shape index (κ1) is 20.9. The van der Waals surface area contributed by atoms with Gasteiger partial charge in [0.05, 0.1) is 12.1 Å². The monoisotopic (exact) mass is 406 g/mol. The van der Waals surface area contributed by atoms with Crippen LogP contribution in [0.15, 0.2) is 36.4 Å². The van der Waals surface area contributed by atoms with Gasteiger partial charge < -0.3 is 19.3 Å². The molecule has 1 aliphatic heterocycles. The van der Waals surface area contributed by atoms with Gasteiger partial charge in [0.2, 0.25) is 0 Å². The Bertz CT molecular complexity index is 779. The molecule has 0 atom stereocenters. The molecule has 0 bridgehead atoms. The summed E-state index contributed by atoms with van der Waals surface area (Å²) in [6.45, 7) is 5.96. The molecular weight excluding hydrogens is 379 g/mol. The number of piperazine rings is 1. The number of hydrogen-bond acceptors (Lipinski definition) is 4. The smallest absolute Gasteiger partial charge is 0.161 e. The summed E-state index contributed by atoms with van der Waals surface area (Å²) in [6, 6.07) is 10.4. The molecule has 4 nitrogen and oxygen atoms in total. The predicted molar refractivity (Wildman–Crippen MR) is 111 cm³/mol. The predicted octanol–water partition coefficient (Wildman–Crippen LogP) is 4.25. The third kappa shape index (κ3) is 5.84. The van der Waals surface area contributed by atoms with Crippen LogP contribution in [-0.4, -0.2) is 56.7 Å². The Labute approximate surface area is 171 Å². The van der Waals surface area contributed by atoms with Crippen LogP contribution >= 0.6 is 11.6 Å². The normalized spacial score (nSPS) is 15.6. The van der Waals surface area contributed by atoms with Crippen molar-refractivity contribution in [3.8, 4) is 11.5 Å². The molecule has 0 amide bonds. The average Bonchev–Trinajstić information content (AvgIpc) is 2.69. The lowest BCUT2D eigenvalue weighted by molar-refractivity contribution is 0.153. The van der Waals surface area contributed by atoms with Gasteiger partial charge in [0.25, 0.3) is 0 Å². The molecule has 3 rings (SSSR count). The molecule has 2 aromatic rings. The fourth-order valence-electron chi connectivity index (χ4n) is 3.36. The average molecular weight is 407 g/mol. The van der Waals surface area contributed by atoms with E-state index >= 15 is 0 Å². The van der Waals surface area contributed by atoms with Gasteiger partial charge >= 0.3 is 0 Å². The molecule has 0 N–H and O–H groups in total. The lowest BCUT2D eigenvalue weighted by atomic mass is 10.1. The summed E-state index contributed by atoms with van der Waals surface area (Å²) in [5.41, 5.74) is 1.96. The van der Waals surface area contributed by atoms with Crippen molar-refractivity contribution in [1.82, 2.24) is 9.80 Å². The maximum absolute atomic E-state index is 13.2. The van der Waals surface area contributed by atoms with Crippen LogP contribution < -0.4 is 9.47 Å². The van der Waals surface area contributed by atoms with Gasteiger partial charge in [0.15, 0.2) is 11.5 Å². The van der Waals surface area contributed by atoms with Crippen molar-refractivity contribution in [2.75, 3.05) is 46.9 Å². The Kier molecular flexibility index (Phi) is 7.54. The van der Waals surface area contributed by atoms with E-state index in [9.17, 15) is 4.39 Å². The highest BCUT2D eigenvalue weighted by Crippen LogP contribution is 2.30. The summed E-state index contributed by atoms with van der Waals surface area (Å²) in [7, 11) is 3.80. The first-order valence-corrected chi connectivity index (χ1v) is 10.1. The van der Waals surface area contributed by atoms with E-state index in [0.29, 0.717) is 16.5 Å². The molecule has 0 saturated carbocycles. The van der Waals surface area contributed by atoms with Crippen LogP contribution in [0.3, 0.4) is 0 Å². The molecule has 1 saturated heterocycles. The van der Waals surface area contributed by atoms with Crippen LogP contribution in [-0.2, 0) is 13.0 Å². The van der Waals surface area contributed by atoms with Gasteiger partial charge in [-0.05, 0) is 56.3 Å². The minimum absolute atomic E-state index is 0.264. The third-order valence-electron chi connectivity index (χ3n) is 5.16. The van der Waals surface area contributed by atoms with Crippen molar-refractivity contribution in [3.63, 3.8) is 0 Å². The second kappa shape index (κ2) is 10.1. The molecule has 0 radical (unpaired) electrons. The molecular formula is C22H28ClFN2O2. The van der Waals surface area contributed by atoms with Gasteiger partial charge in [0, 0.05) is 31.7 Å². The van der Waals surface area contributed by atoms with E-state index in [1.54, 1.807) is 13.2 Å². The number of methoxy groups -OCH3 is 1. The molecule has 6 heteroatoms. The third-order valence-corrected chi connectivity index (χ3v) is 5.51. The van der Waals surface area contributed by atoms with Crippen LogP contribution in [0.2, 0.25) is 5.02 Å². The second-order valence-corrected chi connectivity index (χ2v) is 7.67. The highest BCUT2D eigenvalue weighted by atomic mass is 35.5. The fourth-order valence-corrected chi connectivity index (χ4v) is 3.58. The van der Waals surface area contributed by atoms with Crippen LogP contribution in [0.4, 0.5) is 4.39 Å². The summed E-state index contributed by atoms with van der Waals surface area (Å²) in [5.74, 6) is 1.01. The van der Waals surface area contributed by atoms with Crippen molar-refractivity contribution in [3.05, 3.63) is 58.4 Å². The second-order valence-electron chi connectivity index (χ2n) is 7.26. The molecule has 0 aromatic heterocycles. The van der Waals surface area contributed by atoms with Gasteiger partial charge in [-0.1, -0.05) is 23.7 Å². The quantitative estimate of drug-likeness (QED) is 0.654. The van der Waals surface area contributed by atoms with Gasteiger partial charge in [0.1, 0.15) is 12.4 Å². The van der Waals surface area contributed by atoms with Crippen LogP contribution in [0, 0.1) is 5.82 Å². The van der Waals surface area contributed by atoms with Gasteiger partial charge in [-0.2, -0.15) is 0 Å². The van der Waals surface area contributed by atoms with E-state index in [-0.39, 0.29) is 12.4 Å². The van der Waals surface area contributed by atoms with Crippen LogP contribution in [0.25, 0.3) is 0 Å². The highest BCUT2D eigenvalue weighted by Gasteiger charge is 2.13. The zero-order valence-corrected chi connectivity index (χ0v) is 17.3. The van der Waals surface area contributed by atoms with Crippen molar-refractivity contribution in [2.24, 2.45) is 0 Å². The SMILES string of the molecule is COc1ccc(CCCN2CCN(C)CC2)cc1OCc1ccc(F)cc1Cl. The molecule has 152 valence electrons. The van der Waals surface area contributed by atoms with Gasteiger partial charge in [-0.3, -0.25) is 0 Å². The van der Waals surface area contributed by atoms with Gasteiger partial charge in [-0.25, -0.2) is 4.39 Å². The lowest BCUT2D eigenvalue weighted by Gasteiger charge is -2.32. The lowest BCUT2D eigenvalue weighted by Crippen LogP contribution is -2.44. The minimum atomic E-state index is -0.353. The zero-order valence-electron chi connectivity index (χ0n) is 16.6.